The topological polar surface area (TPSA) is 88.3 Å². The van der Waals surface area contributed by atoms with Crippen molar-refractivity contribution in [2.24, 2.45) is 5.73 Å². The number of rotatable bonds is 2. The molecule has 3 rings (SSSR count). The molecule has 1 unspecified atom stereocenters. The standard InChI is InChI=1S/C15H16N4O2/c16-14(20)13-9-17-7-8-19(13)15(21)11-3-1-5-12-10(11)4-2-6-18-12/h1-6,13,17H,7-9H2,(H2,16,20). The first-order valence-corrected chi connectivity index (χ1v) is 6.83. The van der Waals surface area contributed by atoms with Crippen LogP contribution in [0.5, 0.6) is 0 Å². The van der Waals surface area contributed by atoms with Gasteiger partial charge in [0, 0.05) is 36.8 Å². The normalized spacial score (nSPS) is 18.7. The van der Waals surface area contributed by atoms with Gasteiger partial charge in [-0.25, -0.2) is 0 Å². The fraction of sp³-hybridized carbons (Fsp3) is 0.267. The van der Waals surface area contributed by atoms with Crippen LogP contribution in [0.25, 0.3) is 10.9 Å². The SMILES string of the molecule is NC(=O)C1CNCCN1C(=O)c1cccc2ncccc12. The molecular weight excluding hydrogens is 268 g/mol. The van der Waals surface area contributed by atoms with Crippen LogP contribution in [-0.2, 0) is 4.79 Å². The van der Waals surface area contributed by atoms with E-state index in [1.54, 1.807) is 29.3 Å². The highest BCUT2D eigenvalue weighted by molar-refractivity contribution is 6.07. The molecule has 1 fully saturated rings. The molecule has 6 nitrogen and oxygen atoms in total. The molecule has 1 saturated heterocycles. The molecule has 0 radical (unpaired) electrons. The first-order valence-electron chi connectivity index (χ1n) is 6.83. The summed E-state index contributed by atoms with van der Waals surface area (Å²) in [5.74, 6) is -0.673. The maximum absolute atomic E-state index is 12.8. The van der Waals surface area contributed by atoms with Gasteiger partial charge in [0.2, 0.25) is 5.91 Å². The molecule has 0 spiro atoms. The van der Waals surface area contributed by atoms with E-state index in [0.29, 0.717) is 25.2 Å². The van der Waals surface area contributed by atoms with E-state index in [-0.39, 0.29) is 5.91 Å². The third kappa shape index (κ3) is 2.45. The minimum absolute atomic E-state index is 0.182. The molecule has 2 aromatic rings. The van der Waals surface area contributed by atoms with Gasteiger partial charge in [-0.1, -0.05) is 12.1 Å². The summed E-state index contributed by atoms with van der Waals surface area (Å²) in [5, 5.41) is 3.87. The van der Waals surface area contributed by atoms with E-state index in [0.717, 1.165) is 10.9 Å². The number of amides is 2. The molecule has 0 aliphatic carbocycles. The predicted molar refractivity (Wildman–Crippen MR) is 78.6 cm³/mol. The number of primary amides is 1. The number of nitrogens with one attached hydrogen (secondary N) is 1. The molecular formula is C15H16N4O2. The molecule has 0 bridgehead atoms. The van der Waals surface area contributed by atoms with Crippen molar-refractivity contribution in [3.63, 3.8) is 0 Å². The van der Waals surface area contributed by atoms with Crippen LogP contribution in [0.15, 0.2) is 36.5 Å². The van der Waals surface area contributed by atoms with Gasteiger partial charge < -0.3 is 16.0 Å². The number of carbonyl (C=O) groups excluding carboxylic acids is 2. The molecule has 1 atom stereocenters. The second-order valence-corrected chi connectivity index (χ2v) is 5.00. The molecule has 3 N–H and O–H groups in total. The van der Waals surface area contributed by atoms with E-state index in [9.17, 15) is 9.59 Å². The number of aromatic nitrogens is 1. The summed E-state index contributed by atoms with van der Waals surface area (Å²) in [6, 6.07) is 8.45. The summed E-state index contributed by atoms with van der Waals surface area (Å²) < 4.78 is 0. The van der Waals surface area contributed by atoms with Gasteiger partial charge in [0.05, 0.1) is 5.52 Å². The third-order valence-electron chi connectivity index (χ3n) is 3.71. The number of nitrogens with two attached hydrogens (primary N) is 1. The average molecular weight is 284 g/mol. The smallest absolute Gasteiger partial charge is 0.255 e. The molecule has 0 saturated carbocycles. The molecule has 2 heterocycles. The van der Waals surface area contributed by atoms with Crippen LogP contribution in [0.2, 0.25) is 0 Å². The second-order valence-electron chi connectivity index (χ2n) is 5.00. The first kappa shape index (κ1) is 13.5. The highest BCUT2D eigenvalue weighted by atomic mass is 16.2. The number of hydrogen-bond donors (Lipinski definition) is 2. The van der Waals surface area contributed by atoms with Gasteiger partial charge in [-0.2, -0.15) is 0 Å². The third-order valence-corrected chi connectivity index (χ3v) is 3.71. The lowest BCUT2D eigenvalue weighted by molar-refractivity contribution is -0.122. The molecule has 1 aromatic heterocycles. The van der Waals surface area contributed by atoms with Crippen LogP contribution in [0.3, 0.4) is 0 Å². The summed E-state index contributed by atoms with van der Waals surface area (Å²) in [4.78, 5) is 30.1. The summed E-state index contributed by atoms with van der Waals surface area (Å²) in [5.41, 5.74) is 6.71. The Morgan fingerprint density at radius 3 is 2.95 bits per heavy atom. The largest absolute Gasteiger partial charge is 0.368 e. The molecule has 6 heteroatoms. The molecule has 2 amide bonds. The minimum atomic E-state index is -0.613. The molecule has 108 valence electrons. The van der Waals surface area contributed by atoms with E-state index in [1.165, 1.54) is 0 Å². The number of nitrogens with zero attached hydrogens (tertiary/aromatic N) is 2. The first-order chi connectivity index (χ1) is 10.2. The summed E-state index contributed by atoms with van der Waals surface area (Å²) in [7, 11) is 0. The van der Waals surface area contributed by atoms with Gasteiger partial charge in [-0.05, 0) is 18.2 Å². The highest BCUT2D eigenvalue weighted by Gasteiger charge is 2.31. The van der Waals surface area contributed by atoms with E-state index in [4.69, 9.17) is 5.73 Å². The molecule has 1 aliphatic rings. The Hall–Kier alpha value is -2.47. The average Bonchev–Trinajstić information content (AvgIpc) is 2.53. The van der Waals surface area contributed by atoms with Crippen molar-refractivity contribution in [2.75, 3.05) is 19.6 Å². The van der Waals surface area contributed by atoms with Crippen molar-refractivity contribution in [2.45, 2.75) is 6.04 Å². The van der Waals surface area contributed by atoms with Gasteiger partial charge in [-0.15, -0.1) is 0 Å². The lowest BCUT2D eigenvalue weighted by Gasteiger charge is -2.34. The van der Waals surface area contributed by atoms with Gasteiger partial charge >= 0.3 is 0 Å². The van der Waals surface area contributed by atoms with Crippen LogP contribution in [0.4, 0.5) is 0 Å². The van der Waals surface area contributed by atoms with Crippen molar-refractivity contribution >= 4 is 22.7 Å². The summed E-state index contributed by atoms with van der Waals surface area (Å²) in [6.07, 6.45) is 1.69. The van der Waals surface area contributed by atoms with Gasteiger partial charge in [-0.3, -0.25) is 14.6 Å². The number of hydrogen-bond acceptors (Lipinski definition) is 4. The van der Waals surface area contributed by atoms with Crippen LogP contribution in [0, 0.1) is 0 Å². The predicted octanol–water partition coefficient (Wildman–Crippen LogP) is 0.134. The minimum Gasteiger partial charge on any atom is -0.368 e. The quantitative estimate of drug-likeness (QED) is 0.820. The maximum atomic E-state index is 12.8. The van der Waals surface area contributed by atoms with Crippen LogP contribution in [-0.4, -0.2) is 47.4 Å². The summed E-state index contributed by atoms with van der Waals surface area (Å²) in [6.45, 7) is 1.51. The number of benzene rings is 1. The van der Waals surface area contributed by atoms with Crippen molar-refractivity contribution in [3.8, 4) is 0 Å². The fourth-order valence-corrected chi connectivity index (χ4v) is 2.65. The van der Waals surface area contributed by atoms with E-state index in [2.05, 4.69) is 10.3 Å². The zero-order valence-electron chi connectivity index (χ0n) is 11.5. The Morgan fingerprint density at radius 1 is 1.29 bits per heavy atom. The fourth-order valence-electron chi connectivity index (χ4n) is 2.65. The zero-order chi connectivity index (χ0) is 14.8. The molecule has 1 aromatic carbocycles. The molecule has 21 heavy (non-hydrogen) atoms. The lowest BCUT2D eigenvalue weighted by Crippen LogP contribution is -2.58. The van der Waals surface area contributed by atoms with Crippen LogP contribution in [0.1, 0.15) is 10.4 Å². The van der Waals surface area contributed by atoms with Crippen molar-refractivity contribution in [1.82, 2.24) is 15.2 Å². The van der Waals surface area contributed by atoms with Crippen LogP contribution < -0.4 is 11.1 Å². The van der Waals surface area contributed by atoms with E-state index < -0.39 is 11.9 Å². The van der Waals surface area contributed by atoms with E-state index in [1.807, 2.05) is 12.1 Å². The Kier molecular flexibility index (Phi) is 3.53. The maximum Gasteiger partial charge on any atom is 0.255 e. The lowest BCUT2D eigenvalue weighted by atomic mass is 10.0. The number of fused-ring (bicyclic) bond motifs is 1. The second kappa shape index (κ2) is 5.49. The molecule has 1 aliphatic heterocycles. The number of piperazine rings is 1. The van der Waals surface area contributed by atoms with Crippen molar-refractivity contribution in [3.05, 3.63) is 42.1 Å². The van der Waals surface area contributed by atoms with Crippen molar-refractivity contribution in [1.29, 1.82) is 0 Å². The van der Waals surface area contributed by atoms with E-state index >= 15 is 0 Å². The zero-order valence-corrected chi connectivity index (χ0v) is 11.5. The monoisotopic (exact) mass is 284 g/mol. The summed E-state index contributed by atoms with van der Waals surface area (Å²) >= 11 is 0. The highest BCUT2D eigenvalue weighted by Crippen LogP contribution is 2.19. The number of pyridine rings is 1. The number of carbonyl (C=O) groups is 2. The van der Waals surface area contributed by atoms with Crippen LogP contribution >= 0.6 is 0 Å². The van der Waals surface area contributed by atoms with Gasteiger partial charge in [0.25, 0.3) is 5.91 Å². The Balaban J connectivity index is 2.01. The van der Waals surface area contributed by atoms with Crippen molar-refractivity contribution < 1.29 is 9.59 Å². The van der Waals surface area contributed by atoms with Gasteiger partial charge in [0.15, 0.2) is 0 Å². The van der Waals surface area contributed by atoms with Gasteiger partial charge in [0.1, 0.15) is 6.04 Å². The Morgan fingerprint density at radius 2 is 2.14 bits per heavy atom. The Bertz CT molecular complexity index is 696. The Labute approximate surface area is 121 Å².